The lowest BCUT2D eigenvalue weighted by Crippen LogP contribution is -2.39. The topological polar surface area (TPSA) is 69.3 Å². The summed E-state index contributed by atoms with van der Waals surface area (Å²) in [7, 11) is 0. The number of fused-ring (bicyclic) bond motifs is 1. The SMILES string of the molecule is Cc1cccc(-c2c(-c3cccc(OC(F)(F)F)c3)cc3n2C(CCN)CNC3=O)c1C.Cl. The highest BCUT2D eigenvalue weighted by Crippen LogP contribution is 2.42. The van der Waals surface area contributed by atoms with Gasteiger partial charge in [0.2, 0.25) is 0 Å². The number of nitrogens with one attached hydrogen (secondary N) is 1. The van der Waals surface area contributed by atoms with Crippen molar-refractivity contribution in [1.29, 1.82) is 0 Å². The Balaban J connectivity index is 0.00000306. The molecule has 1 aliphatic heterocycles. The number of nitrogens with zero attached hydrogens (tertiary/aromatic N) is 1. The first-order chi connectivity index (χ1) is 15.2. The summed E-state index contributed by atoms with van der Waals surface area (Å²) in [6, 6.07) is 13.4. The minimum atomic E-state index is -4.79. The molecular formula is C24H25ClF3N3O2. The lowest BCUT2D eigenvalue weighted by molar-refractivity contribution is -0.274. The maximum absolute atomic E-state index is 12.8. The third-order valence-corrected chi connectivity index (χ3v) is 5.87. The summed E-state index contributed by atoms with van der Waals surface area (Å²) >= 11 is 0. The van der Waals surface area contributed by atoms with Gasteiger partial charge < -0.3 is 20.4 Å². The molecule has 1 unspecified atom stereocenters. The van der Waals surface area contributed by atoms with Crippen molar-refractivity contribution in [2.45, 2.75) is 32.7 Å². The van der Waals surface area contributed by atoms with Crippen molar-refractivity contribution in [2.75, 3.05) is 13.1 Å². The number of hydrogen-bond acceptors (Lipinski definition) is 3. The first kappa shape index (κ1) is 24.7. The van der Waals surface area contributed by atoms with Crippen LogP contribution < -0.4 is 15.8 Å². The van der Waals surface area contributed by atoms with E-state index >= 15 is 0 Å². The zero-order valence-corrected chi connectivity index (χ0v) is 19.0. The summed E-state index contributed by atoms with van der Waals surface area (Å²) < 4.78 is 44.5. The van der Waals surface area contributed by atoms with Crippen LogP contribution in [0.1, 0.15) is 34.1 Å². The van der Waals surface area contributed by atoms with Gasteiger partial charge in [-0.1, -0.05) is 30.3 Å². The second-order valence-electron chi connectivity index (χ2n) is 7.93. The standard InChI is InChI=1S/C24H24F3N3O2.ClH/c1-14-5-3-8-19(15(14)2)22-20(16-6-4-7-18(11-16)32-24(25,26)27)12-21-23(31)29-13-17(9-10-28)30(21)22;/h3-8,11-12,17H,9-10,13,28H2,1-2H3,(H,29,31);1H. The summed E-state index contributed by atoms with van der Waals surface area (Å²) in [5, 5.41) is 2.90. The number of aryl methyl sites for hydroxylation is 1. The number of carbonyl (C=O) groups is 1. The van der Waals surface area contributed by atoms with Crippen LogP contribution in [0.25, 0.3) is 22.4 Å². The van der Waals surface area contributed by atoms with Crippen LogP contribution in [0, 0.1) is 13.8 Å². The van der Waals surface area contributed by atoms with Gasteiger partial charge in [0.15, 0.2) is 0 Å². The molecule has 1 aliphatic rings. The van der Waals surface area contributed by atoms with Gasteiger partial charge in [-0.15, -0.1) is 25.6 Å². The third kappa shape index (κ3) is 4.86. The number of benzene rings is 2. The maximum atomic E-state index is 12.8. The summed E-state index contributed by atoms with van der Waals surface area (Å²) in [4.78, 5) is 12.7. The van der Waals surface area contributed by atoms with Crippen molar-refractivity contribution in [1.82, 2.24) is 9.88 Å². The van der Waals surface area contributed by atoms with Gasteiger partial charge in [0.25, 0.3) is 5.91 Å². The molecule has 0 fully saturated rings. The highest BCUT2D eigenvalue weighted by molar-refractivity contribution is 5.99. The Hall–Kier alpha value is -2.97. The summed E-state index contributed by atoms with van der Waals surface area (Å²) in [6.45, 7) is 4.87. The van der Waals surface area contributed by atoms with Gasteiger partial charge in [0, 0.05) is 17.7 Å². The van der Waals surface area contributed by atoms with E-state index < -0.39 is 6.36 Å². The highest BCUT2D eigenvalue weighted by Gasteiger charge is 2.33. The molecule has 3 N–H and O–H groups in total. The van der Waals surface area contributed by atoms with E-state index in [0.29, 0.717) is 36.3 Å². The molecule has 1 atom stereocenters. The van der Waals surface area contributed by atoms with Crippen molar-refractivity contribution < 1.29 is 22.7 Å². The largest absolute Gasteiger partial charge is 0.573 e. The van der Waals surface area contributed by atoms with Crippen LogP contribution in [-0.4, -0.2) is 29.9 Å². The third-order valence-electron chi connectivity index (χ3n) is 5.87. The quantitative estimate of drug-likeness (QED) is 0.515. The molecule has 1 amide bonds. The van der Waals surface area contributed by atoms with Gasteiger partial charge in [-0.2, -0.15) is 0 Å². The summed E-state index contributed by atoms with van der Waals surface area (Å²) in [5.74, 6) is -0.534. The number of amides is 1. The molecule has 3 aromatic rings. The molecule has 1 aromatic heterocycles. The van der Waals surface area contributed by atoms with Crippen LogP contribution in [0.2, 0.25) is 0 Å². The molecule has 0 bridgehead atoms. The molecule has 33 heavy (non-hydrogen) atoms. The predicted molar refractivity (Wildman–Crippen MR) is 124 cm³/mol. The van der Waals surface area contributed by atoms with Crippen LogP contribution in [0.15, 0.2) is 48.5 Å². The average Bonchev–Trinajstić information content (AvgIpc) is 3.13. The zero-order valence-electron chi connectivity index (χ0n) is 18.2. The van der Waals surface area contributed by atoms with Crippen LogP contribution in [0.3, 0.4) is 0 Å². The van der Waals surface area contributed by atoms with Crippen molar-refractivity contribution in [3.63, 3.8) is 0 Å². The lowest BCUT2D eigenvalue weighted by Gasteiger charge is -2.29. The number of aromatic nitrogens is 1. The van der Waals surface area contributed by atoms with Gasteiger partial charge in [-0.05, 0) is 61.7 Å². The van der Waals surface area contributed by atoms with Gasteiger partial charge in [0.05, 0.1) is 11.7 Å². The molecule has 0 aliphatic carbocycles. The molecule has 4 rings (SSSR count). The van der Waals surface area contributed by atoms with Gasteiger partial charge in [-0.3, -0.25) is 4.79 Å². The molecule has 9 heteroatoms. The van der Waals surface area contributed by atoms with Crippen molar-refractivity contribution in [2.24, 2.45) is 5.73 Å². The molecule has 0 saturated heterocycles. The number of nitrogens with two attached hydrogens (primary N) is 1. The zero-order chi connectivity index (χ0) is 23.0. The van der Waals surface area contributed by atoms with E-state index in [0.717, 1.165) is 22.4 Å². The monoisotopic (exact) mass is 479 g/mol. The highest BCUT2D eigenvalue weighted by atomic mass is 35.5. The van der Waals surface area contributed by atoms with E-state index in [1.54, 1.807) is 12.1 Å². The molecular weight excluding hydrogens is 455 g/mol. The fraction of sp³-hybridized carbons (Fsp3) is 0.292. The fourth-order valence-corrected chi connectivity index (χ4v) is 4.26. The average molecular weight is 480 g/mol. The Labute approximate surface area is 196 Å². The fourth-order valence-electron chi connectivity index (χ4n) is 4.26. The Morgan fingerprint density at radius 2 is 1.85 bits per heavy atom. The van der Waals surface area contributed by atoms with Crippen LogP contribution in [0.4, 0.5) is 13.2 Å². The Bertz CT molecular complexity index is 1170. The number of rotatable bonds is 5. The van der Waals surface area contributed by atoms with Gasteiger partial charge >= 0.3 is 6.36 Å². The van der Waals surface area contributed by atoms with E-state index in [4.69, 9.17) is 5.73 Å². The van der Waals surface area contributed by atoms with Crippen molar-refractivity contribution >= 4 is 18.3 Å². The minimum Gasteiger partial charge on any atom is -0.406 e. The van der Waals surface area contributed by atoms with Crippen molar-refractivity contribution in [3.8, 4) is 28.1 Å². The minimum absolute atomic E-state index is 0. The smallest absolute Gasteiger partial charge is 0.406 e. The Morgan fingerprint density at radius 1 is 1.12 bits per heavy atom. The van der Waals surface area contributed by atoms with E-state index in [-0.39, 0.29) is 30.1 Å². The second-order valence-corrected chi connectivity index (χ2v) is 7.93. The van der Waals surface area contributed by atoms with Crippen molar-refractivity contribution in [3.05, 3.63) is 65.4 Å². The molecule has 0 saturated carbocycles. The van der Waals surface area contributed by atoms with Gasteiger partial charge in [0.1, 0.15) is 11.4 Å². The van der Waals surface area contributed by atoms with Crippen LogP contribution >= 0.6 is 12.4 Å². The lowest BCUT2D eigenvalue weighted by atomic mass is 9.95. The van der Waals surface area contributed by atoms with Gasteiger partial charge in [-0.25, -0.2) is 0 Å². The number of hydrogen-bond donors (Lipinski definition) is 2. The number of alkyl halides is 3. The maximum Gasteiger partial charge on any atom is 0.573 e. The van der Waals surface area contributed by atoms with E-state index in [9.17, 15) is 18.0 Å². The molecule has 2 heterocycles. The predicted octanol–water partition coefficient (Wildman–Crippen LogP) is 5.39. The van der Waals surface area contributed by atoms with E-state index in [1.165, 1.54) is 18.2 Å². The summed E-state index contributed by atoms with van der Waals surface area (Å²) in [6.07, 6.45) is -4.14. The number of carbonyl (C=O) groups excluding carboxylic acids is 1. The molecule has 2 aromatic carbocycles. The molecule has 176 valence electrons. The first-order valence-corrected chi connectivity index (χ1v) is 10.4. The second kappa shape index (κ2) is 9.49. The number of ether oxygens (including phenoxy) is 1. The summed E-state index contributed by atoms with van der Waals surface area (Å²) in [5.41, 5.74) is 11.3. The normalized spacial score (nSPS) is 15.5. The molecule has 5 nitrogen and oxygen atoms in total. The van der Waals surface area contributed by atoms with E-state index in [2.05, 4.69) is 10.1 Å². The Morgan fingerprint density at radius 3 is 2.55 bits per heavy atom. The van der Waals surface area contributed by atoms with Crippen LogP contribution in [-0.2, 0) is 0 Å². The van der Waals surface area contributed by atoms with E-state index in [1.807, 2.05) is 36.6 Å². The van der Waals surface area contributed by atoms with Crippen LogP contribution in [0.5, 0.6) is 5.75 Å². The Kier molecular flexibility index (Phi) is 7.09. The molecule has 0 radical (unpaired) electrons. The molecule has 0 spiro atoms. The number of halogens is 4. The first-order valence-electron chi connectivity index (χ1n) is 10.4.